The Balaban J connectivity index is 2.82. The average molecular weight is 197 g/mol. The Morgan fingerprint density at radius 2 is 2.31 bits per heavy atom. The van der Waals surface area contributed by atoms with Gasteiger partial charge < -0.3 is 4.74 Å². The maximum atomic E-state index is 10.4. The number of hydrogen-bond acceptors (Lipinski definition) is 2. The van der Waals surface area contributed by atoms with E-state index in [1.54, 1.807) is 24.3 Å². The first-order valence-electron chi connectivity index (χ1n) is 3.76. The molecule has 0 spiro atoms. The second-order valence-electron chi connectivity index (χ2n) is 2.40. The topological polar surface area (TPSA) is 26.3 Å². The molecule has 0 bridgehead atoms. The van der Waals surface area contributed by atoms with Gasteiger partial charge in [0.15, 0.2) is 6.29 Å². The van der Waals surface area contributed by atoms with Crippen molar-refractivity contribution in [3.05, 3.63) is 41.4 Å². The quantitative estimate of drug-likeness (QED) is 0.547. The molecule has 0 heterocycles. The van der Waals surface area contributed by atoms with E-state index in [0.717, 1.165) is 0 Å². The van der Waals surface area contributed by atoms with Crippen LogP contribution in [0.5, 0.6) is 5.75 Å². The second kappa shape index (κ2) is 4.67. The molecule has 0 fully saturated rings. The zero-order valence-corrected chi connectivity index (χ0v) is 7.75. The van der Waals surface area contributed by atoms with E-state index in [1.165, 1.54) is 0 Å². The van der Waals surface area contributed by atoms with Gasteiger partial charge in [0.05, 0.1) is 5.02 Å². The molecule has 1 aromatic rings. The van der Waals surface area contributed by atoms with Crippen molar-refractivity contribution in [2.45, 2.75) is 0 Å². The van der Waals surface area contributed by atoms with Crippen molar-refractivity contribution in [1.29, 1.82) is 0 Å². The fourth-order valence-electron chi connectivity index (χ4n) is 0.848. The molecule has 13 heavy (non-hydrogen) atoms. The van der Waals surface area contributed by atoms with Crippen LogP contribution < -0.4 is 4.74 Å². The lowest BCUT2D eigenvalue weighted by Gasteiger charge is -2.03. The first-order chi connectivity index (χ1) is 6.27. The van der Waals surface area contributed by atoms with Crippen LogP contribution >= 0.6 is 11.6 Å². The highest BCUT2D eigenvalue weighted by Crippen LogP contribution is 2.21. The molecule has 0 radical (unpaired) electrons. The van der Waals surface area contributed by atoms with Gasteiger partial charge in [-0.2, -0.15) is 0 Å². The Morgan fingerprint density at radius 1 is 1.54 bits per heavy atom. The molecule has 0 atom stereocenters. The zero-order valence-electron chi connectivity index (χ0n) is 7.00. The van der Waals surface area contributed by atoms with E-state index in [2.05, 4.69) is 6.58 Å². The van der Waals surface area contributed by atoms with Crippen molar-refractivity contribution in [2.24, 2.45) is 0 Å². The molecule has 1 rings (SSSR count). The largest absolute Gasteiger partial charge is 0.490 e. The van der Waals surface area contributed by atoms with Gasteiger partial charge in [0.2, 0.25) is 0 Å². The Labute approximate surface area is 81.8 Å². The number of aldehydes is 1. The summed E-state index contributed by atoms with van der Waals surface area (Å²) in [6, 6.07) is 4.92. The number of rotatable bonds is 4. The molecule has 0 saturated carbocycles. The van der Waals surface area contributed by atoms with Crippen LogP contribution in [-0.2, 0) is 0 Å². The van der Waals surface area contributed by atoms with Crippen molar-refractivity contribution < 1.29 is 9.53 Å². The molecule has 0 aliphatic carbocycles. The lowest BCUT2D eigenvalue weighted by atomic mass is 10.2. The van der Waals surface area contributed by atoms with E-state index in [4.69, 9.17) is 16.3 Å². The number of ether oxygens (including phenoxy) is 1. The van der Waals surface area contributed by atoms with Gasteiger partial charge in [-0.25, -0.2) is 0 Å². The summed E-state index contributed by atoms with van der Waals surface area (Å²) in [5.41, 5.74) is 0.465. The highest BCUT2D eigenvalue weighted by atomic mass is 35.5. The minimum absolute atomic E-state index is 0.400. The van der Waals surface area contributed by atoms with Gasteiger partial charge in [-0.3, -0.25) is 4.79 Å². The fourth-order valence-corrected chi connectivity index (χ4v) is 1.06. The normalized spacial score (nSPS) is 9.31. The van der Waals surface area contributed by atoms with E-state index >= 15 is 0 Å². The Morgan fingerprint density at radius 3 is 2.85 bits per heavy atom. The number of carbonyl (C=O) groups is 1. The van der Waals surface area contributed by atoms with Gasteiger partial charge in [0.1, 0.15) is 12.4 Å². The van der Waals surface area contributed by atoms with E-state index in [1.807, 2.05) is 0 Å². The van der Waals surface area contributed by atoms with E-state index in [0.29, 0.717) is 29.2 Å². The summed E-state index contributed by atoms with van der Waals surface area (Å²) in [4.78, 5) is 10.4. The molecule has 0 saturated heterocycles. The standard InChI is InChI=1S/C10H9ClO2/c1-2-5-13-9-4-3-8(7-12)10(11)6-9/h2-4,6-7H,1,5H2. The third-order valence-electron chi connectivity index (χ3n) is 1.47. The third kappa shape index (κ3) is 2.60. The molecule has 3 heteroatoms. The molecule has 0 aliphatic rings. The van der Waals surface area contributed by atoms with Crippen LogP contribution in [0.2, 0.25) is 5.02 Å². The molecule has 0 aliphatic heterocycles. The van der Waals surface area contributed by atoms with Crippen LogP contribution in [-0.4, -0.2) is 12.9 Å². The first kappa shape index (κ1) is 9.81. The van der Waals surface area contributed by atoms with Crippen LogP contribution in [0.4, 0.5) is 0 Å². The van der Waals surface area contributed by atoms with Crippen molar-refractivity contribution in [3.63, 3.8) is 0 Å². The minimum Gasteiger partial charge on any atom is -0.490 e. The first-order valence-corrected chi connectivity index (χ1v) is 4.14. The summed E-state index contributed by atoms with van der Waals surface area (Å²) in [6.45, 7) is 3.95. The zero-order chi connectivity index (χ0) is 9.68. The van der Waals surface area contributed by atoms with Crippen molar-refractivity contribution in [3.8, 4) is 5.75 Å². The molecule has 0 N–H and O–H groups in total. The highest BCUT2D eigenvalue weighted by molar-refractivity contribution is 6.33. The number of carbonyl (C=O) groups excluding carboxylic acids is 1. The van der Waals surface area contributed by atoms with Gasteiger partial charge in [-0.15, -0.1) is 0 Å². The van der Waals surface area contributed by atoms with Crippen molar-refractivity contribution in [1.82, 2.24) is 0 Å². The monoisotopic (exact) mass is 196 g/mol. The fraction of sp³-hybridized carbons (Fsp3) is 0.100. The Bertz CT molecular complexity index is 321. The predicted molar refractivity (Wildman–Crippen MR) is 52.5 cm³/mol. The lowest BCUT2D eigenvalue weighted by Crippen LogP contribution is -1.93. The molecule has 0 aromatic heterocycles. The van der Waals surface area contributed by atoms with Crippen LogP contribution in [0.25, 0.3) is 0 Å². The van der Waals surface area contributed by atoms with E-state index in [-0.39, 0.29) is 0 Å². The SMILES string of the molecule is C=CCOc1ccc(C=O)c(Cl)c1. The Kier molecular flexibility index (Phi) is 3.53. The molecular formula is C10H9ClO2. The molecular weight excluding hydrogens is 188 g/mol. The van der Waals surface area contributed by atoms with Crippen LogP contribution in [0.3, 0.4) is 0 Å². The number of benzene rings is 1. The van der Waals surface area contributed by atoms with Crippen LogP contribution in [0.1, 0.15) is 10.4 Å². The second-order valence-corrected chi connectivity index (χ2v) is 2.81. The number of hydrogen-bond donors (Lipinski definition) is 0. The minimum atomic E-state index is 0.400. The van der Waals surface area contributed by atoms with Gasteiger partial charge in [0.25, 0.3) is 0 Å². The average Bonchev–Trinajstić information content (AvgIpc) is 2.15. The smallest absolute Gasteiger partial charge is 0.151 e. The summed E-state index contributed by atoms with van der Waals surface area (Å²) in [6.07, 6.45) is 2.35. The maximum absolute atomic E-state index is 10.4. The van der Waals surface area contributed by atoms with E-state index in [9.17, 15) is 4.79 Å². The Hall–Kier alpha value is -1.28. The van der Waals surface area contributed by atoms with Gasteiger partial charge in [-0.05, 0) is 18.2 Å². The summed E-state index contributed by atoms with van der Waals surface area (Å²) in [5, 5.41) is 0.400. The van der Waals surface area contributed by atoms with Crippen LogP contribution in [0, 0.1) is 0 Å². The van der Waals surface area contributed by atoms with Gasteiger partial charge >= 0.3 is 0 Å². The predicted octanol–water partition coefficient (Wildman–Crippen LogP) is 2.72. The van der Waals surface area contributed by atoms with Gasteiger partial charge in [-0.1, -0.05) is 24.3 Å². The highest BCUT2D eigenvalue weighted by Gasteiger charge is 2.00. The number of halogens is 1. The van der Waals surface area contributed by atoms with Gasteiger partial charge in [0, 0.05) is 5.56 Å². The maximum Gasteiger partial charge on any atom is 0.151 e. The summed E-state index contributed by atoms with van der Waals surface area (Å²) in [7, 11) is 0. The third-order valence-corrected chi connectivity index (χ3v) is 1.79. The van der Waals surface area contributed by atoms with E-state index < -0.39 is 0 Å². The molecule has 2 nitrogen and oxygen atoms in total. The summed E-state index contributed by atoms with van der Waals surface area (Å²) < 4.78 is 5.22. The molecule has 0 unspecified atom stereocenters. The molecule has 1 aromatic carbocycles. The summed E-state index contributed by atoms with van der Waals surface area (Å²) in [5.74, 6) is 0.635. The molecule has 68 valence electrons. The van der Waals surface area contributed by atoms with Crippen LogP contribution in [0.15, 0.2) is 30.9 Å². The lowest BCUT2D eigenvalue weighted by molar-refractivity contribution is 0.112. The summed E-state index contributed by atoms with van der Waals surface area (Å²) >= 11 is 5.77. The molecule has 0 amide bonds. The van der Waals surface area contributed by atoms with Crippen molar-refractivity contribution in [2.75, 3.05) is 6.61 Å². The van der Waals surface area contributed by atoms with Crippen molar-refractivity contribution >= 4 is 17.9 Å².